The van der Waals surface area contributed by atoms with Gasteiger partial charge in [-0.1, -0.05) is 0 Å². The van der Waals surface area contributed by atoms with Crippen molar-refractivity contribution in [2.75, 3.05) is 19.8 Å². The van der Waals surface area contributed by atoms with Crippen molar-refractivity contribution in [3.8, 4) is 0 Å². The van der Waals surface area contributed by atoms with Crippen LogP contribution in [0.5, 0.6) is 0 Å². The summed E-state index contributed by atoms with van der Waals surface area (Å²) in [6, 6.07) is 0.275. The Balaban J connectivity index is 1.92. The molecule has 1 fully saturated rings. The van der Waals surface area contributed by atoms with Gasteiger partial charge in [0.1, 0.15) is 0 Å². The van der Waals surface area contributed by atoms with Gasteiger partial charge < -0.3 is 9.64 Å². The van der Waals surface area contributed by atoms with Gasteiger partial charge in [-0.25, -0.2) is 0 Å². The van der Waals surface area contributed by atoms with E-state index in [1.807, 2.05) is 35.8 Å². The normalized spacial score (nSPS) is 19.3. The highest BCUT2D eigenvalue weighted by Crippen LogP contribution is 2.19. The fraction of sp³-hybridized carbons (Fsp3) is 0.733. The number of likely N-dealkylation sites (tertiary alicyclic amines) is 1. The molecule has 0 N–H and O–H groups in total. The van der Waals surface area contributed by atoms with Crippen LogP contribution in [0, 0.1) is 6.92 Å². The molecule has 2 rings (SSSR count). The molecule has 0 saturated carbocycles. The molecule has 20 heavy (non-hydrogen) atoms. The first kappa shape index (κ1) is 15.0. The molecule has 0 bridgehead atoms. The Bertz CT molecular complexity index is 431. The predicted octanol–water partition coefficient (Wildman–Crippen LogP) is 2.00. The number of carbonyl (C=O) groups excluding carboxylic acids is 1. The zero-order valence-corrected chi connectivity index (χ0v) is 12.5. The second-order valence-electron chi connectivity index (χ2n) is 5.42. The van der Waals surface area contributed by atoms with Crippen molar-refractivity contribution in [1.82, 2.24) is 14.7 Å². The molecule has 5 heteroatoms. The maximum absolute atomic E-state index is 12.3. The fourth-order valence-corrected chi connectivity index (χ4v) is 2.75. The zero-order valence-electron chi connectivity index (χ0n) is 12.5. The molecule has 1 atom stereocenters. The van der Waals surface area contributed by atoms with Crippen LogP contribution in [0.15, 0.2) is 12.4 Å². The average molecular weight is 279 g/mol. The first-order valence-electron chi connectivity index (χ1n) is 7.57. The lowest BCUT2D eigenvalue weighted by molar-refractivity contribution is -0.136. The molecular weight excluding hydrogens is 254 g/mol. The van der Waals surface area contributed by atoms with E-state index in [1.54, 1.807) is 0 Å². The van der Waals surface area contributed by atoms with E-state index in [9.17, 15) is 4.79 Å². The van der Waals surface area contributed by atoms with E-state index in [-0.39, 0.29) is 11.9 Å². The molecule has 1 saturated heterocycles. The summed E-state index contributed by atoms with van der Waals surface area (Å²) in [4.78, 5) is 14.3. The number of hydrogen-bond donors (Lipinski definition) is 0. The smallest absolute Gasteiger partial charge is 0.225 e. The molecule has 1 aromatic heterocycles. The zero-order chi connectivity index (χ0) is 14.4. The van der Waals surface area contributed by atoms with Crippen LogP contribution in [0.4, 0.5) is 0 Å². The summed E-state index contributed by atoms with van der Waals surface area (Å²) in [6.45, 7) is 6.86. The van der Waals surface area contributed by atoms with E-state index in [4.69, 9.17) is 4.74 Å². The van der Waals surface area contributed by atoms with Crippen molar-refractivity contribution < 1.29 is 9.53 Å². The number of rotatable bonds is 6. The minimum absolute atomic E-state index is 0.215. The number of aromatic nitrogens is 2. The Morgan fingerprint density at radius 2 is 2.35 bits per heavy atom. The van der Waals surface area contributed by atoms with E-state index in [0.29, 0.717) is 19.6 Å². The molecule has 1 aliphatic heterocycles. The summed E-state index contributed by atoms with van der Waals surface area (Å²) < 4.78 is 7.24. The molecule has 1 aromatic rings. The third-order valence-electron chi connectivity index (χ3n) is 3.77. The van der Waals surface area contributed by atoms with Crippen molar-refractivity contribution in [3.05, 3.63) is 18.0 Å². The maximum atomic E-state index is 12.3. The Labute approximate surface area is 120 Å². The van der Waals surface area contributed by atoms with Gasteiger partial charge in [0.05, 0.1) is 31.8 Å². The third kappa shape index (κ3) is 4.07. The van der Waals surface area contributed by atoms with Crippen LogP contribution in [0.1, 0.15) is 38.2 Å². The molecule has 5 nitrogen and oxygen atoms in total. The fourth-order valence-electron chi connectivity index (χ4n) is 2.75. The number of amides is 1. The molecule has 2 heterocycles. The van der Waals surface area contributed by atoms with Gasteiger partial charge in [0, 0.05) is 19.3 Å². The van der Waals surface area contributed by atoms with E-state index < -0.39 is 0 Å². The average Bonchev–Trinajstić information content (AvgIpc) is 2.85. The lowest BCUT2D eigenvalue weighted by Crippen LogP contribution is -2.46. The van der Waals surface area contributed by atoms with Crippen LogP contribution < -0.4 is 0 Å². The summed E-state index contributed by atoms with van der Waals surface area (Å²) in [5.74, 6) is 0.215. The third-order valence-corrected chi connectivity index (χ3v) is 3.77. The predicted molar refractivity (Wildman–Crippen MR) is 77.4 cm³/mol. The van der Waals surface area contributed by atoms with Crippen LogP contribution in [-0.4, -0.2) is 46.4 Å². The number of aryl methyl sites for hydroxylation is 1. The van der Waals surface area contributed by atoms with E-state index in [0.717, 1.165) is 31.5 Å². The van der Waals surface area contributed by atoms with Gasteiger partial charge in [-0.3, -0.25) is 9.48 Å². The second-order valence-corrected chi connectivity index (χ2v) is 5.42. The molecule has 1 aliphatic rings. The Hall–Kier alpha value is -1.36. The molecule has 0 unspecified atom stereocenters. The summed E-state index contributed by atoms with van der Waals surface area (Å²) in [5.41, 5.74) is 1.16. The molecule has 0 radical (unpaired) electrons. The monoisotopic (exact) mass is 279 g/mol. The number of nitrogens with zero attached hydrogens (tertiary/aromatic N) is 3. The molecule has 112 valence electrons. The van der Waals surface area contributed by atoms with Crippen LogP contribution in [-0.2, 0) is 16.1 Å². The Morgan fingerprint density at radius 1 is 1.50 bits per heavy atom. The first-order chi connectivity index (χ1) is 9.70. The largest absolute Gasteiger partial charge is 0.381 e. The van der Waals surface area contributed by atoms with Crippen LogP contribution in [0.25, 0.3) is 0 Å². The maximum Gasteiger partial charge on any atom is 0.225 e. The topological polar surface area (TPSA) is 47.4 Å². The van der Waals surface area contributed by atoms with Gasteiger partial charge in [-0.2, -0.15) is 5.10 Å². The summed E-state index contributed by atoms with van der Waals surface area (Å²) in [5, 5.41) is 4.33. The molecule has 0 aliphatic carbocycles. The van der Waals surface area contributed by atoms with Gasteiger partial charge in [0.2, 0.25) is 5.91 Å². The van der Waals surface area contributed by atoms with Crippen molar-refractivity contribution in [1.29, 1.82) is 0 Å². The standard InChI is InChI=1S/C15H25N3O2/c1-3-20-9-7-15(19)18-8-5-4-6-14(18)12-17-11-13(2)10-16-17/h10-11,14H,3-9,12H2,1-2H3/t14-/m0/s1. The van der Waals surface area contributed by atoms with E-state index >= 15 is 0 Å². The number of ether oxygens (including phenoxy) is 1. The highest BCUT2D eigenvalue weighted by molar-refractivity contribution is 5.76. The lowest BCUT2D eigenvalue weighted by atomic mass is 10.0. The molecule has 0 aromatic carbocycles. The van der Waals surface area contributed by atoms with Crippen LogP contribution in [0.2, 0.25) is 0 Å². The van der Waals surface area contributed by atoms with Gasteiger partial charge in [-0.05, 0) is 38.7 Å². The van der Waals surface area contributed by atoms with Crippen LogP contribution >= 0.6 is 0 Å². The van der Waals surface area contributed by atoms with E-state index in [1.165, 1.54) is 6.42 Å². The molecular formula is C15H25N3O2. The molecule has 1 amide bonds. The Kier molecular flexibility index (Phi) is 5.59. The summed E-state index contributed by atoms with van der Waals surface area (Å²) in [7, 11) is 0. The van der Waals surface area contributed by atoms with Gasteiger partial charge in [-0.15, -0.1) is 0 Å². The highest BCUT2D eigenvalue weighted by Gasteiger charge is 2.26. The van der Waals surface area contributed by atoms with Crippen molar-refractivity contribution >= 4 is 5.91 Å². The quantitative estimate of drug-likeness (QED) is 0.748. The van der Waals surface area contributed by atoms with Gasteiger partial charge in [0.25, 0.3) is 0 Å². The molecule has 0 spiro atoms. The second kappa shape index (κ2) is 7.43. The highest BCUT2D eigenvalue weighted by atomic mass is 16.5. The number of carbonyl (C=O) groups is 1. The van der Waals surface area contributed by atoms with Crippen molar-refractivity contribution in [2.45, 2.75) is 52.1 Å². The minimum Gasteiger partial charge on any atom is -0.381 e. The lowest BCUT2D eigenvalue weighted by Gasteiger charge is -2.35. The van der Waals surface area contributed by atoms with Crippen LogP contribution in [0.3, 0.4) is 0 Å². The van der Waals surface area contributed by atoms with E-state index in [2.05, 4.69) is 5.10 Å². The van der Waals surface area contributed by atoms with Gasteiger partial charge >= 0.3 is 0 Å². The number of piperidine rings is 1. The Morgan fingerprint density at radius 3 is 3.05 bits per heavy atom. The van der Waals surface area contributed by atoms with Crippen molar-refractivity contribution in [2.24, 2.45) is 0 Å². The number of hydrogen-bond acceptors (Lipinski definition) is 3. The van der Waals surface area contributed by atoms with Gasteiger partial charge in [0.15, 0.2) is 0 Å². The SMILES string of the molecule is CCOCCC(=O)N1CCCC[C@H]1Cn1cc(C)cn1. The minimum atomic E-state index is 0.215. The summed E-state index contributed by atoms with van der Waals surface area (Å²) in [6.07, 6.45) is 7.76. The summed E-state index contributed by atoms with van der Waals surface area (Å²) >= 11 is 0. The van der Waals surface area contributed by atoms with Crippen molar-refractivity contribution in [3.63, 3.8) is 0 Å². The first-order valence-corrected chi connectivity index (χ1v) is 7.57.